The van der Waals surface area contributed by atoms with Gasteiger partial charge in [0.2, 0.25) is 10.0 Å². The van der Waals surface area contributed by atoms with Crippen LogP contribution in [0.1, 0.15) is 31.7 Å². The van der Waals surface area contributed by atoms with E-state index in [0.29, 0.717) is 58.5 Å². The van der Waals surface area contributed by atoms with Crippen LogP contribution in [-0.4, -0.2) is 90.9 Å². The molecule has 8 nitrogen and oxygen atoms in total. The van der Waals surface area contributed by atoms with Crippen molar-refractivity contribution in [3.63, 3.8) is 0 Å². The van der Waals surface area contributed by atoms with E-state index in [-0.39, 0.29) is 19.3 Å². The third kappa shape index (κ3) is 5.94. The average Bonchev–Trinajstić information content (AvgIpc) is 2.78. The van der Waals surface area contributed by atoms with Crippen molar-refractivity contribution in [3.8, 4) is 0 Å². The van der Waals surface area contributed by atoms with Crippen LogP contribution in [0.3, 0.4) is 0 Å². The van der Waals surface area contributed by atoms with E-state index in [2.05, 4.69) is 4.90 Å². The number of hydrogen-bond donors (Lipinski definition) is 1. The number of piperazine rings is 1. The minimum absolute atomic E-state index is 0.171. The van der Waals surface area contributed by atoms with Gasteiger partial charge in [0.25, 0.3) is 0 Å². The number of carbonyl (C=O) groups is 1. The van der Waals surface area contributed by atoms with Crippen molar-refractivity contribution in [2.75, 3.05) is 45.8 Å². The van der Waals surface area contributed by atoms with Crippen molar-refractivity contribution in [1.29, 1.82) is 0 Å². The number of ether oxygens (including phenoxy) is 1. The molecule has 2 unspecified atom stereocenters. The first-order valence-corrected chi connectivity index (χ1v) is 12.3. The van der Waals surface area contributed by atoms with Gasteiger partial charge in [-0.1, -0.05) is 37.3 Å². The fraction of sp³-hybridized carbons (Fsp3) is 0.667. The summed E-state index contributed by atoms with van der Waals surface area (Å²) in [6, 6.07) is 9.44. The average molecular weight is 440 g/mol. The Morgan fingerprint density at radius 1 is 1.17 bits per heavy atom. The third-order valence-electron chi connectivity index (χ3n) is 5.89. The minimum Gasteiger partial charge on any atom is -0.445 e. The second-order valence-electron chi connectivity index (χ2n) is 8.06. The molecule has 1 amide bonds. The lowest BCUT2D eigenvalue weighted by atomic mass is 10.1. The summed E-state index contributed by atoms with van der Waals surface area (Å²) in [4.78, 5) is 16.1. The van der Waals surface area contributed by atoms with E-state index in [1.165, 1.54) is 4.90 Å². The van der Waals surface area contributed by atoms with E-state index in [9.17, 15) is 18.3 Å². The lowest BCUT2D eigenvalue weighted by Crippen LogP contribution is -2.55. The summed E-state index contributed by atoms with van der Waals surface area (Å²) < 4.78 is 33.2. The Morgan fingerprint density at radius 3 is 2.53 bits per heavy atom. The van der Waals surface area contributed by atoms with Crippen LogP contribution in [-0.2, 0) is 21.4 Å². The molecular formula is C21H33N3O5S. The van der Waals surface area contributed by atoms with Gasteiger partial charge in [-0.15, -0.1) is 0 Å². The molecule has 2 heterocycles. The SMILES string of the molecule is CCC(O)CN1CCN(S(=O)(=O)C2CCCN(C(=O)OCc3ccccc3)C2)CC1. The molecular weight excluding hydrogens is 406 g/mol. The Morgan fingerprint density at radius 2 is 1.87 bits per heavy atom. The molecule has 2 atom stereocenters. The van der Waals surface area contributed by atoms with Gasteiger partial charge >= 0.3 is 6.09 Å². The number of likely N-dealkylation sites (tertiary alicyclic amines) is 1. The zero-order valence-corrected chi connectivity index (χ0v) is 18.5. The predicted molar refractivity (Wildman–Crippen MR) is 114 cm³/mol. The Balaban J connectivity index is 1.52. The molecule has 9 heteroatoms. The van der Waals surface area contributed by atoms with Gasteiger partial charge in [0, 0.05) is 45.8 Å². The number of rotatable bonds is 7. The monoisotopic (exact) mass is 439 g/mol. The molecule has 2 aliphatic rings. The molecule has 3 rings (SSSR count). The Kier molecular flexibility index (Phi) is 8.10. The fourth-order valence-corrected chi connectivity index (χ4v) is 5.89. The van der Waals surface area contributed by atoms with Gasteiger partial charge in [-0.05, 0) is 24.8 Å². The first-order chi connectivity index (χ1) is 14.4. The van der Waals surface area contributed by atoms with Crippen molar-refractivity contribution in [3.05, 3.63) is 35.9 Å². The molecule has 168 valence electrons. The van der Waals surface area contributed by atoms with E-state index in [4.69, 9.17) is 4.74 Å². The van der Waals surface area contributed by atoms with Gasteiger partial charge in [-0.25, -0.2) is 13.2 Å². The van der Waals surface area contributed by atoms with Crippen LogP contribution in [0, 0.1) is 0 Å². The van der Waals surface area contributed by atoms with Crippen LogP contribution in [0.25, 0.3) is 0 Å². The fourth-order valence-electron chi connectivity index (χ4n) is 3.96. The Hall–Kier alpha value is -1.68. The number of aliphatic hydroxyl groups excluding tert-OH is 1. The summed E-state index contributed by atoms with van der Waals surface area (Å²) in [6.07, 6.45) is 1.06. The maximum atomic E-state index is 13.2. The van der Waals surface area contributed by atoms with Crippen LogP contribution in [0.2, 0.25) is 0 Å². The number of β-amino-alcohol motifs (C(OH)–C–C–N with tert-alkyl or cyclic N) is 1. The molecule has 1 aromatic carbocycles. The maximum Gasteiger partial charge on any atom is 0.410 e. The lowest BCUT2D eigenvalue weighted by molar-refractivity contribution is 0.0863. The number of amides is 1. The Labute approximate surface area is 179 Å². The first-order valence-electron chi connectivity index (χ1n) is 10.7. The number of hydrogen-bond acceptors (Lipinski definition) is 6. The zero-order valence-electron chi connectivity index (χ0n) is 17.6. The molecule has 1 N–H and O–H groups in total. The van der Waals surface area contributed by atoms with Gasteiger partial charge < -0.3 is 14.7 Å². The minimum atomic E-state index is -3.48. The van der Waals surface area contributed by atoms with Crippen molar-refractivity contribution in [2.24, 2.45) is 0 Å². The molecule has 2 saturated heterocycles. The quantitative estimate of drug-likeness (QED) is 0.693. The molecule has 0 bridgehead atoms. The topological polar surface area (TPSA) is 90.4 Å². The number of nitrogens with zero attached hydrogens (tertiary/aromatic N) is 3. The van der Waals surface area contributed by atoms with Crippen LogP contribution in [0.4, 0.5) is 4.79 Å². The normalized spacial score (nSPS) is 22.6. The number of piperidine rings is 1. The van der Waals surface area contributed by atoms with E-state index < -0.39 is 21.4 Å². The van der Waals surface area contributed by atoms with Gasteiger partial charge in [0.1, 0.15) is 6.61 Å². The smallest absolute Gasteiger partial charge is 0.410 e. The maximum absolute atomic E-state index is 13.2. The van der Waals surface area contributed by atoms with Crippen LogP contribution in [0.15, 0.2) is 30.3 Å². The van der Waals surface area contributed by atoms with Crippen molar-refractivity contribution in [2.45, 2.75) is 44.1 Å². The second kappa shape index (κ2) is 10.6. The predicted octanol–water partition coefficient (Wildman–Crippen LogP) is 1.51. The van der Waals surface area contributed by atoms with Gasteiger partial charge in [-0.2, -0.15) is 4.31 Å². The van der Waals surface area contributed by atoms with Crippen molar-refractivity contribution in [1.82, 2.24) is 14.1 Å². The standard InChI is InChI=1S/C21H33N3O5S/c1-2-19(25)15-22-11-13-24(14-12-22)30(27,28)20-9-6-10-23(16-20)21(26)29-17-18-7-4-3-5-8-18/h3-5,7-8,19-20,25H,2,6,9-17H2,1H3. The summed E-state index contributed by atoms with van der Waals surface area (Å²) >= 11 is 0. The highest BCUT2D eigenvalue weighted by molar-refractivity contribution is 7.89. The second-order valence-corrected chi connectivity index (χ2v) is 10.3. The summed E-state index contributed by atoms with van der Waals surface area (Å²) in [6.45, 7) is 5.46. The molecule has 2 fully saturated rings. The number of sulfonamides is 1. The summed E-state index contributed by atoms with van der Waals surface area (Å²) in [7, 11) is -3.48. The molecule has 0 spiro atoms. The van der Waals surface area contributed by atoms with E-state index in [1.54, 1.807) is 4.31 Å². The summed E-state index contributed by atoms with van der Waals surface area (Å²) in [5, 5.41) is 9.22. The largest absolute Gasteiger partial charge is 0.445 e. The van der Waals surface area contributed by atoms with Crippen LogP contribution >= 0.6 is 0 Å². The number of aliphatic hydroxyl groups is 1. The van der Waals surface area contributed by atoms with E-state index >= 15 is 0 Å². The van der Waals surface area contributed by atoms with Crippen molar-refractivity contribution < 1.29 is 23.1 Å². The highest BCUT2D eigenvalue weighted by atomic mass is 32.2. The number of carbonyl (C=O) groups excluding carboxylic acids is 1. The van der Waals surface area contributed by atoms with Crippen molar-refractivity contribution >= 4 is 16.1 Å². The van der Waals surface area contributed by atoms with E-state index in [0.717, 1.165) is 5.56 Å². The summed E-state index contributed by atoms with van der Waals surface area (Å²) in [5.74, 6) is 0. The highest BCUT2D eigenvalue weighted by Gasteiger charge is 2.38. The molecule has 0 aliphatic carbocycles. The van der Waals surface area contributed by atoms with E-state index in [1.807, 2.05) is 37.3 Å². The third-order valence-corrected chi connectivity index (χ3v) is 8.21. The summed E-state index contributed by atoms with van der Waals surface area (Å²) in [5.41, 5.74) is 0.901. The molecule has 1 aromatic rings. The highest BCUT2D eigenvalue weighted by Crippen LogP contribution is 2.22. The zero-order chi connectivity index (χ0) is 21.6. The molecule has 0 saturated carbocycles. The molecule has 0 radical (unpaired) electrons. The first kappa shape index (κ1) is 23.0. The van der Waals surface area contributed by atoms with Crippen LogP contribution < -0.4 is 0 Å². The lowest BCUT2D eigenvalue weighted by Gasteiger charge is -2.38. The van der Waals surface area contributed by atoms with Crippen LogP contribution in [0.5, 0.6) is 0 Å². The molecule has 2 aliphatic heterocycles. The number of benzene rings is 1. The Bertz CT molecular complexity index is 781. The van der Waals surface area contributed by atoms with Gasteiger partial charge in [0.15, 0.2) is 0 Å². The van der Waals surface area contributed by atoms with Gasteiger partial charge in [0.05, 0.1) is 11.4 Å². The van der Waals surface area contributed by atoms with Gasteiger partial charge in [-0.3, -0.25) is 4.90 Å². The molecule has 30 heavy (non-hydrogen) atoms. The molecule has 0 aromatic heterocycles.